The largest absolute Gasteiger partial charge is 0.370 e. The number of anilines is 1. The molecular weight excluding hydrogens is 298 g/mol. The summed E-state index contributed by atoms with van der Waals surface area (Å²) < 4.78 is 1.83. The van der Waals surface area contributed by atoms with E-state index in [0.29, 0.717) is 6.04 Å². The number of hydrogen-bond acceptors (Lipinski definition) is 4. The van der Waals surface area contributed by atoms with Gasteiger partial charge in [0.1, 0.15) is 12.2 Å². The molecule has 0 amide bonds. The van der Waals surface area contributed by atoms with Crippen LogP contribution in [-0.2, 0) is 7.05 Å². The number of rotatable bonds is 4. The van der Waals surface area contributed by atoms with E-state index >= 15 is 0 Å². The monoisotopic (exact) mass is 319 g/mol. The average molecular weight is 320 g/mol. The zero-order valence-electron chi connectivity index (χ0n) is 13.0. The third-order valence-corrected chi connectivity index (χ3v) is 4.63. The lowest BCUT2D eigenvalue weighted by Crippen LogP contribution is -2.43. The van der Waals surface area contributed by atoms with E-state index in [0.717, 1.165) is 42.5 Å². The van der Waals surface area contributed by atoms with Crippen LogP contribution in [0.3, 0.4) is 0 Å². The van der Waals surface area contributed by atoms with Gasteiger partial charge < -0.3 is 10.2 Å². The number of benzene rings is 1. The van der Waals surface area contributed by atoms with Gasteiger partial charge in [-0.25, -0.2) is 4.98 Å². The number of para-hydroxylation sites is 1. The second-order valence-corrected chi connectivity index (χ2v) is 6.25. The molecule has 1 aliphatic rings. The lowest BCUT2D eigenvalue weighted by Gasteiger charge is -2.35. The summed E-state index contributed by atoms with van der Waals surface area (Å²) in [4.78, 5) is 6.69. The molecule has 1 aromatic carbocycles. The smallest absolute Gasteiger partial charge is 0.143 e. The Hall–Kier alpha value is -1.59. The highest BCUT2D eigenvalue weighted by Crippen LogP contribution is 2.28. The number of hydrogen-bond donors (Lipinski definition) is 1. The first-order chi connectivity index (χ1) is 10.6. The molecule has 118 valence electrons. The van der Waals surface area contributed by atoms with E-state index in [1.54, 1.807) is 6.33 Å². The first-order valence-corrected chi connectivity index (χ1v) is 8.12. The van der Waals surface area contributed by atoms with Crippen molar-refractivity contribution in [2.75, 3.05) is 18.0 Å². The van der Waals surface area contributed by atoms with Crippen molar-refractivity contribution in [3.05, 3.63) is 41.4 Å². The van der Waals surface area contributed by atoms with E-state index in [-0.39, 0.29) is 6.04 Å². The van der Waals surface area contributed by atoms with Crippen LogP contribution < -0.4 is 10.2 Å². The first-order valence-electron chi connectivity index (χ1n) is 7.74. The molecule has 0 bridgehead atoms. The highest BCUT2D eigenvalue weighted by Gasteiger charge is 2.23. The van der Waals surface area contributed by atoms with Gasteiger partial charge in [-0.2, -0.15) is 5.10 Å². The topological polar surface area (TPSA) is 46.0 Å². The molecule has 1 atom stereocenters. The van der Waals surface area contributed by atoms with Crippen molar-refractivity contribution >= 4 is 17.3 Å². The van der Waals surface area contributed by atoms with E-state index in [1.165, 1.54) is 0 Å². The molecule has 1 saturated heterocycles. The molecule has 6 heteroatoms. The molecule has 2 heterocycles. The number of piperidine rings is 1. The van der Waals surface area contributed by atoms with Crippen LogP contribution in [0.2, 0.25) is 5.02 Å². The molecule has 1 aromatic heterocycles. The van der Waals surface area contributed by atoms with Gasteiger partial charge >= 0.3 is 0 Å². The average Bonchev–Trinajstić information content (AvgIpc) is 2.95. The Labute approximate surface area is 136 Å². The number of nitrogens with one attached hydrogen (secondary N) is 1. The van der Waals surface area contributed by atoms with Gasteiger partial charge in [0.25, 0.3) is 0 Å². The van der Waals surface area contributed by atoms with Crippen LogP contribution in [0.1, 0.15) is 31.6 Å². The summed E-state index contributed by atoms with van der Waals surface area (Å²) in [5.41, 5.74) is 1.14. The van der Waals surface area contributed by atoms with Gasteiger partial charge in [-0.05, 0) is 31.9 Å². The lowest BCUT2D eigenvalue weighted by atomic mass is 10.0. The third-order valence-electron chi connectivity index (χ3n) is 4.31. The summed E-state index contributed by atoms with van der Waals surface area (Å²) in [7, 11) is 1.93. The Balaban J connectivity index is 1.56. The Morgan fingerprint density at radius 3 is 2.64 bits per heavy atom. The van der Waals surface area contributed by atoms with Gasteiger partial charge in [0, 0.05) is 26.2 Å². The standard InChI is InChI=1S/C16H22ClN5/c1-12(16-18-11-19-21(16)2)20-13-7-9-22(10-8-13)15-6-4-3-5-14(15)17/h3-6,11-13,20H,7-10H2,1-2H3/t12-/m1/s1. The van der Waals surface area contributed by atoms with Crippen molar-refractivity contribution in [3.63, 3.8) is 0 Å². The molecule has 22 heavy (non-hydrogen) atoms. The summed E-state index contributed by atoms with van der Waals surface area (Å²) in [6.07, 6.45) is 3.81. The van der Waals surface area contributed by atoms with Crippen LogP contribution in [0, 0.1) is 0 Å². The molecule has 0 radical (unpaired) electrons. The Morgan fingerprint density at radius 1 is 1.27 bits per heavy atom. The quantitative estimate of drug-likeness (QED) is 0.941. The van der Waals surface area contributed by atoms with Crippen LogP contribution in [-0.4, -0.2) is 33.9 Å². The maximum atomic E-state index is 6.29. The van der Waals surface area contributed by atoms with Crippen molar-refractivity contribution < 1.29 is 0 Å². The second-order valence-electron chi connectivity index (χ2n) is 5.84. The number of aromatic nitrogens is 3. The first kappa shape index (κ1) is 15.3. The van der Waals surface area contributed by atoms with Gasteiger partial charge in [-0.3, -0.25) is 4.68 Å². The van der Waals surface area contributed by atoms with Crippen LogP contribution in [0.5, 0.6) is 0 Å². The fraction of sp³-hybridized carbons (Fsp3) is 0.500. The van der Waals surface area contributed by atoms with Crippen LogP contribution in [0.25, 0.3) is 0 Å². The third kappa shape index (κ3) is 3.25. The zero-order valence-corrected chi connectivity index (χ0v) is 13.8. The fourth-order valence-corrected chi connectivity index (χ4v) is 3.38. The predicted octanol–water partition coefficient (Wildman–Crippen LogP) is 2.79. The Kier molecular flexibility index (Phi) is 4.64. The molecule has 1 aliphatic heterocycles. The summed E-state index contributed by atoms with van der Waals surface area (Å²) in [5, 5.41) is 8.64. The SMILES string of the molecule is C[C@@H](NC1CCN(c2ccccc2Cl)CC1)c1ncnn1C. The highest BCUT2D eigenvalue weighted by atomic mass is 35.5. The number of halogens is 1. The lowest BCUT2D eigenvalue weighted by molar-refractivity contribution is 0.368. The Morgan fingerprint density at radius 2 is 2.00 bits per heavy atom. The fourth-order valence-electron chi connectivity index (χ4n) is 3.12. The molecule has 3 rings (SSSR count). The molecule has 1 N–H and O–H groups in total. The molecule has 2 aromatic rings. The van der Waals surface area contributed by atoms with Crippen LogP contribution in [0.15, 0.2) is 30.6 Å². The highest BCUT2D eigenvalue weighted by molar-refractivity contribution is 6.33. The van der Waals surface area contributed by atoms with Gasteiger partial charge in [0.15, 0.2) is 0 Å². The van der Waals surface area contributed by atoms with E-state index in [9.17, 15) is 0 Å². The molecule has 5 nitrogen and oxygen atoms in total. The van der Waals surface area contributed by atoms with Gasteiger partial charge in [0.2, 0.25) is 0 Å². The molecule has 0 spiro atoms. The van der Waals surface area contributed by atoms with E-state index in [4.69, 9.17) is 11.6 Å². The van der Waals surface area contributed by atoms with Crippen molar-refractivity contribution in [2.24, 2.45) is 7.05 Å². The van der Waals surface area contributed by atoms with Gasteiger partial charge in [-0.1, -0.05) is 23.7 Å². The minimum absolute atomic E-state index is 0.212. The number of nitrogens with zero attached hydrogens (tertiary/aromatic N) is 4. The van der Waals surface area contributed by atoms with Crippen molar-refractivity contribution in [2.45, 2.75) is 31.8 Å². The van der Waals surface area contributed by atoms with Crippen molar-refractivity contribution in [3.8, 4) is 0 Å². The maximum Gasteiger partial charge on any atom is 0.143 e. The Bertz CT molecular complexity index is 619. The van der Waals surface area contributed by atoms with Crippen LogP contribution >= 0.6 is 11.6 Å². The second kappa shape index (κ2) is 6.67. The summed E-state index contributed by atoms with van der Waals surface area (Å²) in [5.74, 6) is 0.980. The molecular formula is C16H22ClN5. The minimum Gasteiger partial charge on any atom is -0.370 e. The summed E-state index contributed by atoms with van der Waals surface area (Å²) in [6.45, 7) is 4.18. The van der Waals surface area contributed by atoms with Crippen molar-refractivity contribution in [1.29, 1.82) is 0 Å². The van der Waals surface area contributed by atoms with Crippen LogP contribution in [0.4, 0.5) is 5.69 Å². The molecule has 0 saturated carbocycles. The van der Waals surface area contributed by atoms with Crippen molar-refractivity contribution in [1.82, 2.24) is 20.1 Å². The van der Waals surface area contributed by atoms with E-state index < -0.39 is 0 Å². The minimum atomic E-state index is 0.212. The normalized spacial score (nSPS) is 17.7. The molecule has 1 fully saturated rings. The summed E-state index contributed by atoms with van der Waals surface area (Å²) >= 11 is 6.29. The predicted molar refractivity (Wildman–Crippen MR) is 89.2 cm³/mol. The van der Waals surface area contributed by atoms with Gasteiger partial charge in [0.05, 0.1) is 16.8 Å². The summed E-state index contributed by atoms with van der Waals surface area (Å²) in [6, 6.07) is 8.79. The maximum absolute atomic E-state index is 6.29. The molecule has 0 unspecified atom stereocenters. The van der Waals surface area contributed by atoms with Gasteiger partial charge in [-0.15, -0.1) is 0 Å². The molecule has 0 aliphatic carbocycles. The zero-order chi connectivity index (χ0) is 15.5. The van der Waals surface area contributed by atoms with E-state index in [1.807, 2.05) is 29.9 Å². The number of aryl methyl sites for hydroxylation is 1. The van der Waals surface area contributed by atoms with E-state index in [2.05, 4.69) is 33.3 Å².